The summed E-state index contributed by atoms with van der Waals surface area (Å²) in [5.41, 5.74) is 1.35. The largest absolute Gasteiger partial charge is 0.494 e. The van der Waals surface area contributed by atoms with Crippen LogP contribution in [0.3, 0.4) is 0 Å². The van der Waals surface area contributed by atoms with Crippen molar-refractivity contribution in [3.05, 3.63) is 35.3 Å². The number of aryl methyl sites for hydroxylation is 1. The van der Waals surface area contributed by atoms with Gasteiger partial charge in [0.1, 0.15) is 0 Å². The van der Waals surface area contributed by atoms with Crippen LogP contribution in [-0.4, -0.2) is 23.3 Å². The fraction of sp³-hybridized carbons (Fsp3) is 0.231. The van der Waals surface area contributed by atoms with Gasteiger partial charge in [0.15, 0.2) is 17.3 Å². The Morgan fingerprint density at radius 2 is 2.26 bits per heavy atom. The molecular weight excluding hydrogens is 253 g/mol. The standard InChI is InChI=1S/C13H12FNO4/c1-7-9(6-12(16)17)13(19-15-7)8-3-4-11(18-2)10(14)5-8/h3-5H,6H2,1-2H3,(H,16,17). The molecule has 2 rings (SSSR count). The third-order valence-electron chi connectivity index (χ3n) is 2.73. The summed E-state index contributed by atoms with van der Waals surface area (Å²) in [5, 5.41) is 12.6. The molecule has 0 amide bonds. The summed E-state index contributed by atoms with van der Waals surface area (Å²) in [6.07, 6.45) is -0.224. The third kappa shape index (κ3) is 2.57. The van der Waals surface area contributed by atoms with Crippen molar-refractivity contribution in [1.82, 2.24) is 5.16 Å². The maximum atomic E-state index is 13.6. The van der Waals surface area contributed by atoms with Crippen LogP contribution in [-0.2, 0) is 11.2 Å². The molecule has 0 saturated heterocycles. The van der Waals surface area contributed by atoms with E-state index in [1.165, 1.54) is 19.2 Å². The Morgan fingerprint density at radius 1 is 1.53 bits per heavy atom. The number of aliphatic carboxylic acids is 1. The van der Waals surface area contributed by atoms with Gasteiger partial charge in [0.05, 0.1) is 19.2 Å². The average molecular weight is 265 g/mol. The lowest BCUT2D eigenvalue weighted by Gasteiger charge is -2.04. The van der Waals surface area contributed by atoms with E-state index >= 15 is 0 Å². The van der Waals surface area contributed by atoms with Crippen molar-refractivity contribution >= 4 is 5.97 Å². The van der Waals surface area contributed by atoms with E-state index in [-0.39, 0.29) is 17.9 Å². The van der Waals surface area contributed by atoms with Gasteiger partial charge >= 0.3 is 5.97 Å². The van der Waals surface area contributed by atoms with Crippen molar-refractivity contribution in [1.29, 1.82) is 0 Å². The molecule has 5 nitrogen and oxygen atoms in total. The van der Waals surface area contributed by atoms with Crippen molar-refractivity contribution in [3.8, 4) is 17.1 Å². The first-order valence-corrected chi connectivity index (χ1v) is 5.53. The van der Waals surface area contributed by atoms with Crippen LogP contribution < -0.4 is 4.74 Å². The molecule has 0 unspecified atom stereocenters. The highest BCUT2D eigenvalue weighted by atomic mass is 19.1. The zero-order valence-electron chi connectivity index (χ0n) is 10.4. The SMILES string of the molecule is COc1ccc(-c2onc(C)c2CC(=O)O)cc1F. The van der Waals surface area contributed by atoms with Crippen LogP contribution in [0.1, 0.15) is 11.3 Å². The van der Waals surface area contributed by atoms with Crippen LogP contribution in [0, 0.1) is 12.7 Å². The molecule has 2 aromatic rings. The van der Waals surface area contributed by atoms with Gasteiger partial charge in [-0.1, -0.05) is 5.16 Å². The maximum absolute atomic E-state index is 13.6. The molecule has 0 aliphatic heterocycles. The third-order valence-corrected chi connectivity index (χ3v) is 2.73. The lowest BCUT2D eigenvalue weighted by molar-refractivity contribution is -0.136. The monoisotopic (exact) mass is 265 g/mol. The van der Waals surface area contributed by atoms with Gasteiger partial charge < -0.3 is 14.4 Å². The summed E-state index contributed by atoms with van der Waals surface area (Å²) in [5.74, 6) is -1.17. The minimum atomic E-state index is -0.999. The summed E-state index contributed by atoms with van der Waals surface area (Å²) in [4.78, 5) is 10.8. The molecule has 0 spiro atoms. The Kier molecular flexibility index (Phi) is 3.50. The first kappa shape index (κ1) is 13.1. The predicted octanol–water partition coefficient (Wildman–Crippen LogP) is 2.42. The van der Waals surface area contributed by atoms with E-state index < -0.39 is 11.8 Å². The molecule has 0 aliphatic rings. The van der Waals surface area contributed by atoms with E-state index in [4.69, 9.17) is 14.4 Å². The van der Waals surface area contributed by atoms with Gasteiger partial charge in [0.25, 0.3) is 0 Å². The lowest BCUT2D eigenvalue weighted by Crippen LogP contribution is -2.02. The Hall–Kier alpha value is -2.37. The number of nitrogens with zero attached hydrogens (tertiary/aromatic N) is 1. The molecular formula is C13H12FNO4. The van der Waals surface area contributed by atoms with Crippen molar-refractivity contribution in [3.63, 3.8) is 0 Å². The van der Waals surface area contributed by atoms with E-state index in [9.17, 15) is 9.18 Å². The smallest absolute Gasteiger partial charge is 0.308 e. The van der Waals surface area contributed by atoms with Crippen LogP contribution in [0.5, 0.6) is 5.75 Å². The van der Waals surface area contributed by atoms with Crippen LogP contribution in [0.25, 0.3) is 11.3 Å². The second kappa shape index (κ2) is 5.09. The van der Waals surface area contributed by atoms with Gasteiger partial charge in [0, 0.05) is 11.1 Å². The Labute approximate surface area is 108 Å². The number of hydrogen-bond acceptors (Lipinski definition) is 4. The van der Waals surface area contributed by atoms with Crippen LogP contribution in [0.15, 0.2) is 22.7 Å². The van der Waals surface area contributed by atoms with E-state index in [1.807, 2.05) is 0 Å². The first-order chi connectivity index (χ1) is 9.02. The Morgan fingerprint density at radius 3 is 2.84 bits per heavy atom. The minimum Gasteiger partial charge on any atom is -0.494 e. The molecule has 6 heteroatoms. The number of hydrogen-bond donors (Lipinski definition) is 1. The fourth-order valence-corrected chi connectivity index (χ4v) is 1.78. The number of aromatic nitrogens is 1. The molecule has 0 saturated carbocycles. The molecule has 1 aromatic carbocycles. The number of carboxylic acid groups (broad SMARTS) is 1. The maximum Gasteiger partial charge on any atom is 0.308 e. The van der Waals surface area contributed by atoms with Gasteiger partial charge in [-0.3, -0.25) is 4.79 Å². The zero-order valence-corrected chi connectivity index (χ0v) is 10.4. The molecule has 1 heterocycles. The molecule has 1 aromatic heterocycles. The predicted molar refractivity (Wildman–Crippen MR) is 64.5 cm³/mol. The van der Waals surface area contributed by atoms with Crippen LogP contribution in [0.4, 0.5) is 4.39 Å². The number of ether oxygens (including phenoxy) is 1. The van der Waals surface area contributed by atoms with Crippen LogP contribution in [0.2, 0.25) is 0 Å². The van der Waals surface area contributed by atoms with E-state index in [0.717, 1.165) is 0 Å². The van der Waals surface area contributed by atoms with Crippen molar-refractivity contribution < 1.29 is 23.6 Å². The molecule has 1 N–H and O–H groups in total. The van der Waals surface area contributed by atoms with Crippen molar-refractivity contribution in [2.24, 2.45) is 0 Å². The lowest BCUT2D eigenvalue weighted by atomic mass is 10.0. The number of halogens is 1. The molecule has 100 valence electrons. The van der Waals surface area contributed by atoms with Gasteiger partial charge in [0.2, 0.25) is 0 Å². The summed E-state index contributed by atoms with van der Waals surface area (Å²) in [6.45, 7) is 1.64. The average Bonchev–Trinajstić information content (AvgIpc) is 2.70. The highest BCUT2D eigenvalue weighted by Gasteiger charge is 2.18. The van der Waals surface area contributed by atoms with E-state index in [2.05, 4.69) is 5.16 Å². The molecule has 0 atom stereocenters. The zero-order chi connectivity index (χ0) is 14.0. The molecule has 19 heavy (non-hydrogen) atoms. The Bertz CT molecular complexity index is 621. The second-order valence-corrected chi connectivity index (χ2v) is 4.00. The van der Waals surface area contributed by atoms with Gasteiger partial charge in [-0.05, 0) is 25.1 Å². The number of benzene rings is 1. The van der Waals surface area contributed by atoms with Crippen molar-refractivity contribution in [2.45, 2.75) is 13.3 Å². The quantitative estimate of drug-likeness (QED) is 0.919. The normalized spacial score (nSPS) is 10.5. The minimum absolute atomic E-state index is 0.111. The Balaban J connectivity index is 2.47. The number of carbonyl (C=O) groups is 1. The second-order valence-electron chi connectivity index (χ2n) is 4.00. The van der Waals surface area contributed by atoms with Crippen molar-refractivity contribution in [2.75, 3.05) is 7.11 Å². The molecule has 0 radical (unpaired) electrons. The summed E-state index contributed by atoms with van der Waals surface area (Å²) < 4.78 is 23.5. The number of carboxylic acids is 1. The molecule has 0 fully saturated rings. The first-order valence-electron chi connectivity index (χ1n) is 5.53. The molecule has 0 aliphatic carbocycles. The topological polar surface area (TPSA) is 72.6 Å². The highest BCUT2D eigenvalue weighted by molar-refractivity contribution is 5.75. The van der Waals surface area contributed by atoms with Crippen LogP contribution >= 0.6 is 0 Å². The van der Waals surface area contributed by atoms with Gasteiger partial charge in [-0.15, -0.1) is 0 Å². The summed E-state index contributed by atoms with van der Waals surface area (Å²) in [6, 6.07) is 4.27. The molecule has 0 bridgehead atoms. The van der Waals surface area contributed by atoms with Gasteiger partial charge in [-0.25, -0.2) is 4.39 Å². The summed E-state index contributed by atoms with van der Waals surface area (Å²) in [7, 11) is 1.37. The number of rotatable bonds is 4. The number of methoxy groups -OCH3 is 1. The summed E-state index contributed by atoms with van der Waals surface area (Å²) >= 11 is 0. The highest BCUT2D eigenvalue weighted by Crippen LogP contribution is 2.29. The van der Waals surface area contributed by atoms with E-state index in [0.29, 0.717) is 16.8 Å². The fourth-order valence-electron chi connectivity index (χ4n) is 1.78. The van der Waals surface area contributed by atoms with Gasteiger partial charge in [-0.2, -0.15) is 0 Å². The van der Waals surface area contributed by atoms with E-state index in [1.54, 1.807) is 13.0 Å².